The third kappa shape index (κ3) is 2.33. The molecule has 0 bridgehead atoms. The summed E-state index contributed by atoms with van der Waals surface area (Å²) < 4.78 is 0. The van der Waals surface area contributed by atoms with Crippen LogP contribution in [-0.2, 0) is 11.2 Å². The molecule has 1 N–H and O–H groups in total. The quantitative estimate of drug-likeness (QED) is 0.878. The van der Waals surface area contributed by atoms with Crippen molar-refractivity contribution in [2.75, 3.05) is 0 Å². The second-order valence-electron chi connectivity index (χ2n) is 4.05. The Kier molecular flexibility index (Phi) is 2.91. The topological polar surface area (TPSA) is 54.4 Å². The van der Waals surface area contributed by atoms with Crippen molar-refractivity contribution in [1.82, 2.24) is 0 Å². The lowest BCUT2D eigenvalue weighted by molar-refractivity contribution is -0.116. The van der Waals surface area contributed by atoms with Gasteiger partial charge in [0.25, 0.3) is 0 Å². The van der Waals surface area contributed by atoms with E-state index >= 15 is 0 Å². The van der Waals surface area contributed by atoms with Gasteiger partial charge in [-0.1, -0.05) is 30.3 Å². The third-order valence-corrected chi connectivity index (χ3v) is 2.61. The van der Waals surface area contributed by atoms with Crippen LogP contribution in [0.2, 0.25) is 0 Å². The lowest BCUT2D eigenvalue weighted by Crippen LogP contribution is -2.02. The molecular weight excluding hydrogens is 216 g/mol. The van der Waals surface area contributed by atoms with Crippen molar-refractivity contribution in [3.05, 3.63) is 47.5 Å². The molecule has 86 valence electrons. The largest absolute Gasteiger partial charge is 0.478 e. The zero-order chi connectivity index (χ0) is 12.4. The molecule has 17 heavy (non-hydrogen) atoms. The molecule has 0 fully saturated rings. The van der Waals surface area contributed by atoms with Crippen molar-refractivity contribution in [1.29, 1.82) is 0 Å². The minimum absolute atomic E-state index is 0.0246. The van der Waals surface area contributed by atoms with Gasteiger partial charge in [0, 0.05) is 6.42 Å². The second-order valence-corrected chi connectivity index (χ2v) is 4.05. The summed E-state index contributed by atoms with van der Waals surface area (Å²) in [7, 11) is 0. The summed E-state index contributed by atoms with van der Waals surface area (Å²) >= 11 is 0. The van der Waals surface area contributed by atoms with Gasteiger partial charge in [-0.3, -0.25) is 4.79 Å². The van der Waals surface area contributed by atoms with Crippen LogP contribution in [0.15, 0.2) is 36.4 Å². The van der Waals surface area contributed by atoms with Crippen molar-refractivity contribution < 1.29 is 14.7 Å². The molecule has 2 aromatic carbocycles. The van der Waals surface area contributed by atoms with E-state index in [1.165, 1.54) is 6.92 Å². The van der Waals surface area contributed by atoms with Gasteiger partial charge in [0.2, 0.25) is 0 Å². The molecule has 0 aliphatic rings. The summed E-state index contributed by atoms with van der Waals surface area (Å²) in [6, 6.07) is 10.7. The number of hydrogen-bond donors (Lipinski definition) is 1. The summed E-state index contributed by atoms with van der Waals surface area (Å²) in [6.07, 6.45) is 0.269. The maximum atomic E-state index is 11.2. The number of Topliss-reactive ketones (excluding diaryl/α,β-unsaturated/α-hetero) is 1. The van der Waals surface area contributed by atoms with Crippen LogP contribution < -0.4 is 0 Å². The van der Waals surface area contributed by atoms with Crippen LogP contribution in [-0.4, -0.2) is 16.9 Å². The fourth-order valence-corrected chi connectivity index (χ4v) is 1.94. The molecule has 0 heterocycles. The average Bonchev–Trinajstić information content (AvgIpc) is 2.27. The smallest absolute Gasteiger partial charge is 0.336 e. The highest BCUT2D eigenvalue weighted by atomic mass is 16.4. The number of hydrogen-bond acceptors (Lipinski definition) is 2. The maximum absolute atomic E-state index is 11.2. The number of benzene rings is 2. The van der Waals surface area contributed by atoms with Crippen LogP contribution in [0.5, 0.6) is 0 Å². The van der Waals surface area contributed by atoms with Gasteiger partial charge in [-0.2, -0.15) is 0 Å². The van der Waals surface area contributed by atoms with E-state index in [0.29, 0.717) is 5.39 Å². The summed E-state index contributed by atoms with van der Waals surface area (Å²) in [6.45, 7) is 1.50. The number of carbonyl (C=O) groups is 2. The molecule has 0 saturated heterocycles. The van der Waals surface area contributed by atoms with E-state index in [4.69, 9.17) is 5.11 Å². The number of carboxylic acids is 1. The van der Waals surface area contributed by atoms with E-state index in [1.54, 1.807) is 18.2 Å². The number of rotatable bonds is 3. The van der Waals surface area contributed by atoms with Gasteiger partial charge in [-0.15, -0.1) is 0 Å². The molecule has 2 rings (SSSR count). The van der Waals surface area contributed by atoms with Crippen LogP contribution in [0.3, 0.4) is 0 Å². The molecular formula is C14H12O3. The van der Waals surface area contributed by atoms with E-state index < -0.39 is 5.97 Å². The number of carbonyl (C=O) groups excluding carboxylic acids is 1. The summed E-state index contributed by atoms with van der Waals surface area (Å²) in [5.41, 5.74) is 0.993. The van der Waals surface area contributed by atoms with Gasteiger partial charge in [0.15, 0.2) is 0 Å². The normalized spacial score (nSPS) is 10.4. The van der Waals surface area contributed by atoms with Crippen LogP contribution in [0.4, 0.5) is 0 Å². The minimum atomic E-state index is -0.966. The number of fused-ring (bicyclic) bond motifs is 1. The highest BCUT2D eigenvalue weighted by Gasteiger charge is 2.10. The Bertz CT molecular complexity index is 599. The summed E-state index contributed by atoms with van der Waals surface area (Å²) in [5.74, 6) is -0.941. The van der Waals surface area contributed by atoms with E-state index in [2.05, 4.69) is 0 Å². The molecule has 0 unspecified atom stereocenters. The highest BCUT2D eigenvalue weighted by molar-refractivity contribution is 6.04. The molecule has 0 saturated carbocycles. The summed E-state index contributed by atoms with van der Waals surface area (Å²) in [5, 5.41) is 10.7. The van der Waals surface area contributed by atoms with Crippen LogP contribution >= 0.6 is 0 Å². The summed E-state index contributed by atoms with van der Waals surface area (Å²) in [4.78, 5) is 22.3. The van der Waals surface area contributed by atoms with E-state index in [-0.39, 0.29) is 17.8 Å². The molecule has 0 atom stereocenters. The Morgan fingerprint density at radius 1 is 1.18 bits per heavy atom. The lowest BCUT2D eigenvalue weighted by atomic mass is 9.98. The Morgan fingerprint density at radius 2 is 1.88 bits per heavy atom. The molecule has 0 aromatic heterocycles. The zero-order valence-electron chi connectivity index (χ0n) is 9.43. The van der Waals surface area contributed by atoms with Crippen molar-refractivity contribution in [2.24, 2.45) is 0 Å². The third-order valence-electron chi connectivity index (χ3n) is 2.61. The Hall–Kier alpha value is -2.16. The number of carboxylic acid groups (broad SMARTS) is 1. The predicted octanol–water partition coefficient (Wildman–Crippen LogP) is 2.67. The molecule has 0 spiro atoms. The van der Waals surface area contributed by atoms with Crippen LogP contribution in [0.1, 0.15) is 22.8 Å². The Labute approximate surface area is 98.7 Å². The molecule has 2 aromatic rings. The minimum Gasteiger partial charge on any atom is -0.478 e. The molecule has 0 radical (unpaired) electrons. The van der Waals surface area contributed by atoms with Crippen LogP contribution in [0.25, 0.3) is 10.8 Å². The van der Waals surface area contributed by atoms with Gasteiger partial charge >= 0.3 is 5.97 Å². The molecule has 3 heteroatoms. The van der Waals surface area contributed by atoms with Crippen LogP contribution in [0, 0.1) is 0 Å². The van der Waals surface area contributed by atoms with Crippen molar-refractivity contribution in [3.8, 4) is 0 Å². The molecule has 0 aliphatic carbocycles. The lowest BCUT2D eigenvalue weighted by Gasteiger charge is -2.06. The first-order valence-electron chi connectivity index (χ1n) is 5.32. The first kappa shape index (κ1) is 11.3. The zero-order valence-corrected chi connectivity index (χ0v) is 9.43. The van der Waals surface area contributed by atoms with Gasteiger partial charge in [-0.05, 0) is 29.3 Å². The second kappa shape index (κ2) is 4.37. The van der Waals surface area contributed by atoms with Crippen molar-refractivity contribution >= 4 is 22.5 Å². The number of ketones is 1. The first-order chi connectivity index (χ1) is 8.08. The molecule has 3 nitrogen and oxygen atoms in total. The fourth-order valence-electron chi connectivity index (χ4n) is 1.94. The first-order valence-corrected chi connectivity index (χ1v) is 5.32. The van der Waals surface area contributed by atoms with E-state index in [1.807, 2.05) is 18.2 Å². The predicted molar refractivity (Wildman–Crippen MR) is 65.3 cm³/mol. The van der Waals surface area contributed by atoms with Gasteiger partial charge in [-0.25, -0.2) is 4.79 Å². The van der Waals surface area contributed by atoms with Gasteiger partial charge < -0.3 is 5.11 Å². The maximum Gasteiger partial charge on any atom is 0.336 e. The van der Waals surface area contributed by atoms with E-state index in [0.717, 1.165) is 10.9 Å². The highest BCUT2D eigenvalue weighted by Crippen LogP contribution is 2.21. The fraction of sp³-hybridized carbons (Fsp3) is 0.143. The van der Waals surface area contributed by atoms with Gasteiger partial charge in [0.05, 0.1) is 5.56 Å². The standard InChI is InChI=1S/C14H12O3/c1-9(15)6-10-7-11-4-2-3-5-12(11)13(8-10)14(16)17/h2-5,7-8H,6H2,1H3,(H,16,17). The number of aromatic carboxylic acids is 1. The van der Waals surface area contributed by atoms with Gasteiger partial charge in [0.1, 0.15) is 5.78 Å². The SMILES string of the molecule is CC(=O)Cc1cc(C(=O)O)c2ccccc2c1. The monoisotopic (exact) mass is 228 g/mol. The Morgan fingerprint density at radius 3 is 2.53 bits per heavy atom. The Balaban J connectivity index is 2.67. The van der Waals surface area contributed by atoms with Crippen molar-refractivity contribution in [3.63, 3.8) is 0 Å². The van der Waals surface area contributed by atoms with E-state index in [9.17, 15) is 9.59 Å². The molecule has 0 aliphatic heterocycles. The molecule has 0 amide bonds. The van der Waals surface area contributed by atoms with Crippen molar-refractivity contribution in [2.45, 2.75) is 13.3 Å². The average molecular weight is 228 g/mol.